The maximum Gasteiger partial charge on any atom is 0.337 e. The number of carbonyl (C=O) groups is 3. The number of fused-ring (bicyclic) bond motifs is 2. The zero-order chi connectivity index (χ0) is 21.5. The molecule has 0 fully saturated rings. The number of esters is 1. The highest BCUT2D eigenvalue weighted by Gasteiger charge is 2.37. The molecule has 156 valence electrons. The molecule has 0 bridgehead atoms. The SMILES string of the molecule is COC(=O)c1ccc(C(C=O)C2CCc3cc4c(cc3C2=O)OCCC4(C)C)cc1. The Balaban J connectivity index is 1.65. The van der Waals surface area contributed by atoms with Gasteiger partial charge in [-0.15, -0.1) is 0 Å². The van der Waals surface area contributed by atoms with Crippen molar-refractivity contribution < 1.29 is 23.9 Å². The second-order valence-corrected chi connectivity index (χ2v) is 8.77. The summed E-state index contributed by atoms with van der Waals surface area (Å²) in [6, 6.07) is 10.7. The largest absolute Gasteiger partial charge is 0.493 e. The van der Waals surface area contributed by atoms with Gasteiger partial charge in [-0.3, -0.25) is 4.79 Å². The number of methoxy groups -OCH3 is 1. The predicted molar refractivity (Wildman–Crippen MR) is 112 cm³/mol. The third kappa shape index (κ3) is 3.42. The zero-order valence-electron chi connectivity index (χ0n) is 17.6. The van der Waals surface area contributed by atoms with Crippen LogP contribution in [0, 0.1) is 5.92 Å². The van der Waals surface area contributed by atoms with E-state index >= 15 is 0 Å². The summed E-state index contributed by atoms with van der Waals surface area (Å²) < 4.78 is 10.6. The number of ketones is 1. The fourth-order valence-electron chi connectivity index (χ4n) is 4.61. The van der Waals surface area contributed by atoms with Gasteiger partial charge in [-0.05, 0) is 54.0 Å². The number of carbonyl (C=O) groups excluding carboxylic acids is 3. The summed E-state index contributed by atoms with van der Waals surface area (Å²) in [6.07, 6.45) is 3.16. The molecule has 5 nitrogen and oxygen atoms in total. The van der Waals surface area contributed by atoms with Crippen LogP contribution in [-0.2, 0) is 21.4 Å². The Bertz CT molecular complexity index is 1000. The van der Waals surface area contributed by atoms with E-state index in [1.165, 1.54) is 7.11 Å². The number of aldehydes is 1. The smallest absolute Gasteiger partial charge is 0.337 e. The molecule has 2 aromatic carbocycles. The number of ether oxygens (including phenoxy) is 2. The number of benzene rings is 2. The van der Waals surface area contributed by atoms with Gasteiger partial charge in [0.2, 0.25) is 0 Å². The van der Waals surface area contributed by atoms with E-state index in [1.54, 1.807) is 24.3 Å². The molecule has 30 heavy (non-hydrogen) atoms. The van der Waals surface area contributed by atoms with Crippen LogP contribution >= 0.6 is 0 Å². The molecule has 0 saturated carbocycles. The first-order valence-corrected chi connectivity index (χ1v) is 10.3. The Hall–Kier alpha value is -2.95. The Labute approximate surface area is 176 Å². The number of hydrogen-bond acceptors (Lipinski definition) is 5. The standard InChI is InChI=1S/C25H26O5/c1-25(2)10-11-30-22-13-19-17(12-21(22)25)8-9-18(23(19)27)20(14-26)15-4-6-16(7-5-15)24(28)29-3/h4-7,12-14,18,20H,8-11H2,1-3H3. The van der Waals surface area contributed by atoms with Crippen LogP contribution in [0.4, 0.5) is 0 Å². The van der Waals surface area contributed by atoms with E-state index in [1.807, 2.05) is 6.07 Å². The van der Waals surface area contributed by atoms with Crippen molar-refractivity contribution in [3.8, 4) is 5.75 Å². The van der Waals surface area contributed by atoms with Gasteiger partial charge in [0.15, 0.2) is 5.78 Å². The normalized spacial score (nSPS) is 20.4. The van der Waals surface area contributed by atoms with Crippen molar-refractivity contribution in [1.82, 2.24) is 0 Å². The minimum absolute atomic E-state index is 0.0137. The lowest BCUT2D eigenvalue weighted by atomic mass is 9.71. The third-order valence-corrected chi connectivity index (χ3v) is 6.54. The lowest BCUT2D eigenvalue weighted by Gasteiger charge is -2.35. The molecule has 0 aromatic heterocycles. The van der Waals surface area contributed by atoms with E-state index in [0.29, 0.717) is 24.2 Å². The second-order valence-electron chi connectivity index (χ2n) is 8.77. The predicted octanol–water partition coefficient (Wildman–Crippen LogP) is 4.26. The van der Waals surface area contributed by atoms with Gasteiger partial charge >= 0.3 is 5.97 Å². The van der Waals surface area contributed by atoms with Crippen LogP contribution in [-0.4, -0.2) is 31.8 Å². The first kappa shape index (κ1) is 20.3. The number of rotatable bonds is 4. The lowest BCUT2D eigenvalue weighted by molar-refractivity contribution is -0.109. The van der Waals surface area contributed by atoms with Gasteiger partial charge in [-0.1, -0.05) is 32.0 Å². The molecule has 0 radical (unpaired) electrons. The van der Waals surface area contributed by atoms with E-state index in [4.69, 9.17) is 9.47 Å². The highest BCUT2D eigenvalue weighted by Crippen LogP contribution is 2.43. The van der Waals surface area contributed by atoms with Crippen molar-refractivity contribution in [2.75, 3.05) is 13.7 Å². The molecular formula is C25H26O5. The fraction of sp³-hybridized carbons (Fsp3) is 0.400. The summed E-state index contributed by atoms with van der Waals surface area (Å²) in [4.78, 5) is 37.0. The summed E-state index contributed by atoms with van der Waals surface area (Å²) in [5, 5.41) is 0. The van der Waals surface area contributed by atoms with Crippen molar-refractivity contribution in [2.45, 2.75) is 44.4 Å². The average Bonchev–Trinajstić information content (AvgIpc) is 2.75. The Morgan fingerprint density at radius 2 is 1.97 bits per heavy atom. The molecule has 0 N–H and O–H groups in total. The minimum Gasteiger partial charge on any atom is -0.493 e. The van der Waals surface area contributed by atoms with Crippen molar-refractivity contribution in [2.24, 2.45) is 5.92 Å². The summed E-state index contributed by atoms with van der Waals surface area (Å²) in [6.45, 7) is 5.04. The van der Waals surface area contributed by atoms with Gasteiger partial charge < -0.3 is 14.3 Å². The molecular weight excluding hydrogens is 380 g/mol. The Morgan fingerprint density at radius 3 is 2.63 bits per heavy atom. The Kier molecular flexibility index (Phi) is 5.22. The molecule has 1 heterocycles. The summed E-state index contributed by atoms with van der Waals surface area (Å²) >= 11 is 0. The molecule has 2 aromatic rings. The van der Waals surface area contributed by atoms with Gasteiger partial charge in [0.25, 0.3) is 0 Å². The maximum atomic E-state index is 13.4. The van der Waals surface area contributed by atoms with Crippen molar-refractivity contribution in [3.05, 3.63) is 64.2 Å². The van der Waals surface area contributed by atoms with Crippen LogP contribution < -0.4 is 4.74 Å². The lowest BCUT2D eigenvalue weighted by Crippen LogP contribution is -2.31. The Morgan fingerprint density at radius 1 is 1.23 bits per heavy atom. The van der Waals surface area contributed by atoms with E-state index in [9.17, 15) is 14.4 Å². The average molecular weight is 406 g/mol. The summed E-state index contributed by atoms with van der Waals surface area (Å²) in [7, 11) is 1.33. The molecule has 2 atom stereocenters. The first-order chi connectivity index (χ1) is 14.4. The van der Waals surface area contributed by atoms with Gasteiger partial charge in [0.1, 0.15) is 12.0 Å². The molecule has 0 amide bonds. The summed E-state index contributed by atoms with van der Waals surface area (Å²) in [5.74, 6) is -0.636. The molecule has 5 heteroatoms. The van der Waals surface area contributed by atoms with Gasteiger partial charge in [0, 0.05) is 23.0 Å². The van der Waals surface area contributed by atoms with Crippen LogP contribution in [0.2, 0.25) is 0 Å². The highest BCUT2D eigenvalue weighted by atomic mass is 16.5. The van der Waals surface area contributed by atoms with E-state index in [-0.39, 0.29) is 11.2 Å². The molecule has 0 spiro atoms. The van der Waals surface area contributed by atoms with Crippen LogP contribution in [0.1, 0.15) is 70.0 Å². The molecule has 2 aliphatic rings. The monoisotopic (exact) mass is 406 g/mol. The fourth-order valence-corrected chi connectivity index (χ4v) is 4.61. The van der Waals surface area contributed by atoms with E-state index in [2.05, 4.69) is 19.9 Å². The number of Topliss-reactive ketones (excluding diaryl/α,β-unsaturated/α-hetero) is 1. The van der Waals surface area contributed by atoms with Crippen LogP contribution in [0.5, 0.6) is 5.75 Å². The van der Waals surface area contributed by atoms with Gasteiger partial charge in [-0.2, -0.15) is 0 Å². The summed E-state index contributed by atoms with van der Waals surface area (Å²) in [5.41, 5.74) is 4.03. The van der Waals surface area contributed by atoms with E-state index < -0.39 is 17.8 Å². The van der Waals surface area contributed by atoms with E-state index in [0.717, 1.165) is 41.6 Å². The van der Waals surface area contributed by atoms with Crippen molar-refractivity contribution >= 4 is 18.0 Å². The topological polar surface area (TPSA) is 69.7 Å². The molecule has 2 unspecified atom stereocenters. The van der Waals surface area contributed by atoms with Gasteiger partial charge in [-0.25, -0.2) is 4.79 Å². The number of hydrogen-bond donors (Lipinski definition) is 0. The van der Waals surface area contributed by atoms with Crippen LogP contribution in [0.3, 0.4) is 0 Å². The molecule has 4 rings (SSSR count). The molecule has 1 aliphatic carbocycles. The quantitative estimate of drug-likeness (QED) is 0.560. The molecule has 1 aliphatic heterocycles. The molecule has 0 saturated heterocycles. The minimum atomic E-state index is -0.550. The highest BCUT2D eigenvalue weighted by molar-refractivity contribution is 6.02. The maximum absolute atomic E-state index is 13.4. The zero-order valence-corrected chi connectivity index (χ0v) is 17.6. The van der Waals surface area contributed by atoms with Crippen LogP contribution in [0.15, 0.2) is 36.4 Å². The number of aryl methyl sites for hydroxylation is 1. The van der Waals surface area contributed by atoms with Crippen molar-refractivity contribution in [3.63, 3.8) is 0 Å². The first-order valence-electron chi connectivity index (χ1n) is 10.3. The van der Waals surface area contributed by atoms with Crippen molar-refractivity contribution in [1.29, 1.82) is 0 Å². The van der Waals surface area contributed by atoms with Gasteiger partial charge in [0.05, 0.1) is 19.3 Å². The second kappa shape index (κ2) is 7.71. The third-order valence-electron chi connectivity index (χ3n) is 6.54. The van der Waals surface area contributed by atoms with Crippen LogP contribution in [0.25, 0.3) is 0 Å².